The van der Waals surface area contributed by atoms with Crippen molar-refractivity contribution < 1.29 is 19.1 Å². The van der Waals surface area contributed by atoms with Crippen molar-refractivity contribution in [2.24, 2.45) is 0 Å². The Hall–Kier alpha value is -2.19. The number of pyridine rings is 1. The summed E-state index contributed by atoms with van der Waals surface area (Å²) in [6.07, 6.45) is 0.868. The summed E-state index contributed by atoms with van der Waals surface area (Å²) in [5, 5.41) is 5.59. The lowest BCUT2D eigenvalue weighted by atomic mass is 10.1. The van der Waals surface area contributed by atoms with E-state index in [1.54, 1.807) is 26.8 Å². The molecular formula is C18H28N4O4. The van der Waals surface area contributed by atoms with Crippen LogP contribution >= 0.6 is 0 Å². The van der Waals surface area contributed by atoms with E-state index in [1.807, 2.05) is 0 Å². The summed E-state index contributed by atoms with van der Waals surface area (Å²) in [6.45, 7) is 10.5. The Morgan fingerprint density at radius 2 is 2.00 bits per heavy atom. The van der Waals surface area contributed by atoms with Crippen molar-refractivity contribution in [2.45, 2.75) is 27.2 Å². The molecule has 144 valence electrons. The standard InChI is InChI=1S/C18H28N4O4/c1-4-26-17(23)15-12-16(14(3)20-13(15)2)21-18(24)19-6-5-7-22-8-10-25-11-9-22/h12H,4-11H2,1-3H3,(H2,19,21,24). The average molecular weight is 364 g/mol. The molecule has 1 fully saturated rings. The van der Waals surface area contributed by atoms with E-state index in [9.17, 15) is 9.59 Å². The first-order valence-corrected chi connectivity index (χ1v) is 9.01. The van der Waals surface area contributed by atoms with Crippen LogP contribution < -0.4 is 10.6 Å². The van der Waals surface area contributed by atoms with E-state index in [-0.39, 0.29) is 6.03 Å². The van der Waals surface area contributed by atoms with Gasteiger partial charge in [-0.05, 0) is 39.8 Å². The van der Waals surface area contributed by atoms with Crippen molar-refractivity contribution in [3.8, 4) is 0 Å². The number of esters is 1. The van der Waals surface area contributed by atoms with Gasteiger partial charge in [-0.15, -0.1) is 0 Å². The SMILES string of the molecule is CCOC(=O)c1cc(NC(=O)NCCCN2CCOCC2)c(C)nc1C. The summed E-state index contributed by atoms with van der Waals surface area (Å²) in [5.74, 6) is -0.438. The number of ether oxygens (including phenoxy) is 2. The Morgan fingerprint density at radius 3 is 2.69 bits per heavy atom. The molecule has 1 aliphatic heterocycles. The van der Waals surface area contributed by atoms with Gasteiger partial charge in [-0.1, -0.05) is 0 Å². The van der Waals surface area contributed by atoms with Gasteiger partial charge in [0, 0.05) is 19.6 Å². The monoisotopic (exact) mass is 364 g/mol. The Balaban J connectivity index is 1.83. The number of nitrogens with one attached hydrogen (secondary N) is 2. The van der Waals surface area contributed by atoms with E-state index in [0.29, 0.717) is 35.8 Å². The lowest BCUT2D eigenvalue weighted by molar-refractivity contribution is 0.0375. The number of carbonyl (C=O) groups is 2. The minimum atomic E-state index is -0.438. The van der Waals surface area contributed by atoms with Gasteiger partial charge in [0.25, 0.3) is 0 Å². The van der Waals surface area contributed by atoms with Crippen LogP contribution in [-0.2, 0) is 9.47 Å². The number of rotatable bonds is 7. The van der Waals surface area contributed by atoms with Crippen LogP contribution in [0.25, 0.3) is 0 Å². The minimum Gasteiger partial charge on any atom is -0.462 e. The highest BCUT2D eigenvalue weighted by Gasteiger charge is 2.15. The molecular weight excluding hydrogens is 336 g/mol. The molecule has 0 saturated carbocycles. The van der Waals surface area contributed by atoms with Gasteiger partial charge in [0.2, 0.25) is 0 Å². The molecule has 8 heteroatoms. The number of hydrogen-bond donors (Lipinski definition) is 2. The number of amides is 2. The number of morpholine rings is 1. The highest BCUT2D eigenvalue weighted by atomic mass is 16.5. The van der Waals surface area contributed by atoms with Crippen LogP contribution in [0, 0.1) is 13.8 Å². The molecule has 2 rings (SSSR count). The van der Waals surface area contributed by atoms with Gasteiger partial charge < -0.3 is 20.1 Å². The maximum Gasteiger partial charge on any atom is 0.340 e. The molecule has 0 radical (unpaired) electrons. The van der Waals surface area contributed by atoms with Crippen LogP contribution in [0.5, 0.6) is 0 Å². The van der Waals surface area contributed by atoms with E-state index in [1.165, 1.54) is 0 Å². The largest absolute Gasteiger partial charge is 0.462 e. The number of aryl methyl sites for hydroxylation is 2. The lowest BCUT2D eigenvalue weighted by Gasteiger charge is -2.26. The van der Waals surface area contributed by atoms with E-state index >= 15 is 0 Å². The zero-order valence-electron chi connectivity index (χ0n) is 15.8. The number of hydrogen-bond acceptors (Lipinski definition) is 6. The summed E-state index contributed by atoms with van der Waals surface area (Å²) >= 11 is 0. The maximum absolute atomic E-state index is 12.1. The highest BCUT2D eigenvalue weighted by Crippen LogP contribution is 2.18. The summed E-state index contributed by atoms with van der Waals surface area (Å²) in [5.41, 5.74) is 2.10. The van der Waals surface area contributed by atoms with Crippen molar-refractivity contribution >= 4 is 17.7 Å². The fraction of sp³-hybridized carbons (Fsp3) is 0.611. The maximum atomic E-state index is 12.1. The molecule has 0 atom stereocenters. The van der Waals surface area contributed by atoms with Gasteiger partial charge in [-0.2, -0.15) is 0 Å². The Labute approximate surface area is 154 Å². The normalized spacial score (nSPS) is 14.7. The topological polar surface area (TPSA) is 92.8 Å². The predicted molar refractivity (Wildman–Crippen MR) is 98.6 cm³/mol. The van der Waals surface area contributed by atoms with Crippen molar-refractivity contribution in [3.63, 3.8) is 0 Å². The number of anilines is 1. The molecule has 0 aliphatic carbocycles. The fourth-order valence-electron chi connectivity index (χ4n) is 2.76. The molecule has 0 aromatic carbocycles. The molecule has 2 N–H and O–H groups in total. The Morgan fingerprint density at radius 1 is 1.27 bits per heavy atom. The molecule has 1 aromatic rings. The third-order valence-electron chi connectivity index (χ3n) is 4.19. The second-order valence-electron chi connectivity index (χ2n) is 6.16. The summed E-state index contributed by atoms with van der Waals surface area (Å²) in [6, 6.07) is 1.30. The van der Waals surface area contributed by atoms with Crippen LogP contribution in [0.2, 0.25) is 0 Å². The third-order valence-corrected chi connectivity index (χ3v) is 4.19. The van der Waals surface area contributed by atoms with Gasteiger partial charge in [-0.25, -0.2) is 9.59 Å². The smallest absolute Gasteiger partial charge is 0.340 e. The van der Waals surface area contributed by atoms with Crippen molar-refractivity contribution in [1.82, 2.24) is 15.2 Å². The van der Waals surface area contributed by atoms with E-state index in [0.717, 1.165) is 39.3 Å². The fourth-order valence-corrected chi connectivity index (χ4v) is 2.76. The Kier molecular flexibility index (Phi) is 7.80. The molecule has 0 unspecified atom stereocenters. The molecule has 8 nitrogen and oxygen atoms in total. The zero-order chi connectivity index (χ0) is 18.9. The van der Waals surface area contributed by atoms with Gasteiger partial charge in [0.1, 0.15) is 0 Å². The van der Waals surface area contributed by atoms with E-state index in [4.69, 9.17) is 9.47 Å². The van der Waals surface area contributed by atoms with Crippen LogP contribution in [0.15, 0.2) is 6.07 Å². The number of carbonyl (C=O) groups excluding carboxylic acids is 2. The number of aromatic nitrogens is 1. The van der Waals surface area contributed by atoms with Gasteiger partial charge >= 0.3 is 12.0 Å². The van der Waals surface area contributed by atoms with Crippen LogP contribution in [-0.4, -0.2) is 67.9 Å². The number of urea groups is 1. The lowest BCUT2D eigenvalue weighted by Crippen LogP contribution is -2.38. The average Bonchev–Trinajstić information content (AvgIpc) is 2.62. The molecule has 0 spiro atoms. The van der Waals surface area contributed by atoms with Crippen LogP contribution in [0.4, 0.5) is 10.5 Å². The third kappa shape index (κ3) is 5.96. The van der Waals surface area contributed by atoms with E-state index < -0.39 is 5.97 Å². The second-order valence-corrected chi connectivity index (χ2v) is 6.16. The first kappa shape index (κ1) is 20.1. The quantitative estimate of drug-likeness (QED) is 0.565. The van der Waals surface area contributed by atoms with Crippen molar-refractivity contribution in [1.29, 1.82) is 0 Å². The molecule has 2 heterocycles. The summed E-state index contributed by atoms with van der Waals surface area (Å²) in [7, 11) is 0. The highest BCUT2D eigenvalue weighted by molar-refractivity contribution is 5.95. The molecule has 2 amide bonds. The summed E-state index contributed by atoms with van der Waals surface area (Å²) in [4.78, 5) is 30.7. The molecule has 0 bridgehead atoms. The Bertz CT molecular complexity index is 630. The molecule has 1 saturated heterocycles. The zero-order valence-corrected chi connectivity index (χ0v) is 15.8. The van der Waals surface area contributed by atoms with Crippen molar-refractivity contribution in [3.05, 3.63) is 23.0 Å². The van der Waals surface area contributed by atoms with Crippen LogP contribution in [0.3, 0.4) is 0 Å². The van der Waals surface area contributed by atoms with E-state index in [2.05, 4.69) is 20.5 Å². The minimum absolute atomic E-state index is 0.290. The van der Waals surface area contributed by atoms with Gasteiger partial charge in [-0.3, -0.25) is 9.88 Å². The predicted octanol–water partition coefficient (Wildman–Crippen LogP) is 1.72. The van der Waals surface area contributed by atoms with Crippen molar-refractivity contribution in [2.75, 3.05) is 51.3 Å². The van der Waals surface area contributed by atoms with Crippen LogP contribution in [0.1, 0.15) is 35.1 Å². The summed E-state index contributed by atoms with van der Waals surface area (Å²) < 4.78 is 10.3. The molecule has 1 aliphatic rings. The van der Waals surface area contributed by atoms with Gasteiger partial charge in [0.05, 0.1) is 42.5 Å². The first-order chi connectivity index (χ1) is 12.5. The second kappa shape index (κ2) is 10.1. The molecule has 26 heavy (non-hydrogen) atoms. The molecule has 1 aromatic heterocycles. The first-order valence-electron chi connectivity index (χ1n) is 9.01. The van der Waals surface area contributed by atoms with Gasteiger partial charge in [0.15, 0.2) is 0 Å². The number of nitrogens with zero attached hydrogens (tertiary/aromatic N) is 2.